The van der Waals surface area contributed by atoms with E-state index < -0.39 is 15.8 Å². The maximum atomic E-state index is 14.1. The minimum absolute atomic E-state index is 0. The summed E-state index contributed by atoms with van der Waals surface area (Å²) in [6.07, 6.45) is 0.549. The Kier molecular flexibility index (Phi) is 7.83. The maximum Gasteiger partial charge on any atom is 0.246 e. The van der Waals surface area contributed by atoms with E-state index in [1.807, 2.05) is 30.3 Å². The van der Waals surface area contributed by atoms with E-state index in [1.165, 1.54) is 16.4 Å². The summed E-state index contributed by atoms with van der Waals surface area (Å²) in [5.41, 5.74) is 7.23. The molecule has 24 heavy (non-hydrogen) atoms. The molecule has 7 heteroatoms. The zero-order chi connectivity index (χ0) is 16.9. The van der Waals surface area contributed by atoms with Crippen LogP contribution in [0.5, 0.6) is 0 Å². The molecule has 0 aliphatic heterocycles. The lowest BCUT2D eigenvalue weighted by Gasteiger charge is -2.22. The first-order chi connectivity index (χ1) is 10.9. The van der Waals surface area contributed by atoms with E-state index in [4.69, 9.17) is 5.73 Å². The fraction of sp³-hybridized carbons (Fsp3) is 0.294. The summed E-state index contributed by atoms with van der Waals surface area (Å²) >= 11 is 0. The molecule has 4 nitrogen and oxygen atoms in total. The van der Waals surface area contributed by atoms with E-state index in [2.05, 4.69) is 0 Å². The van der Waals surface area contributed by atoms with Gasteiger partial charge in [-0.15, -0.1) is 12.4 Å². The molecule has 0 fully saturated rings. The van der Waals surface area contributed by atoms with Crippen molar-refractivity contribution in [2.75, 3.05) is 19.6 Å². The summed E-state index contributed by atoms with van der Waals surface area (Å²) in [6, 6.07) is 13.7. The SMILES string of the molecule is Cc1ccc(S(=O)(=O)N(CCN)CCc2ccccc2)c(F)c1.Cl. The minimum Gasteiger partial charge on any atom is -0.329 e. The van der Waals surface area contributed by atoms with Gasteiger partial charge in [-0.25, -0.2) is 12.8 Å². The van der Waals surface area contributed by atoms with E-state index >= 15 is 0 Å². The van der Waals surface area contributed by atoms with Gasteiger partial charge in [0.2, 0.25) is 10.0 Å². The van der Waals surface area contributed by atoms with E-state index in [9.17, 15) is 12.8 Å². The Morgan fingerprint density at radius 1 is 1.08 bits per heavy atom. The molecule has 2 rings (SSSR count). The third-order valence-electron chi connectivity index (χ3n) is 3.58. The van der Waals surface area contributed by atoms with Crippen molar-refractivity contribution < 1.29 is 12.8 Å². The molecule has 0 unspecified atom stereocenters. The minimum atomic E-state index is -3.90. The summed E-state index contributed by atoms with van der Waals surface area (Å²) in [5, 5.41) is 0. The smallest absolute Gasteiger partial charge is 0.246 e. The van der Waals surface area contributed by atoms with Crippen LogP contribution < -0.4 is 5.73 Å². The molecule has 0 saturated heterocycles. The van der Waals surface area contributed by atoms with Gasteiger partial charge in [0.15, 0.2) is 0 Å². The van der Waals surface area contributed by atoms with Gasteiger partial charge in [0.1, 0.15) is 10.7 Å². The Morgan fingerprint density at radius 3 is 2.33 bits per heavy atom. The molecule has 0 aromatic heterocycles. The Hall–Kier alpha value is -1.47. The molecule has 0 heterocycles. The number of nitrogens with zero attached hydrogens (tertiary/aromatic N) is 1. The summed E-state index contributed by atoms with van der Waals surface area (Å²) in [7, 11) is -3.90. The molecule has 2 aromatic carbocycles. The van der Waals surface area contributed by atoms with Crippen molar-refractivity contribution in [3.05, 3.63) is 65.5 Å². The largest absolute Gasteiger partial charge is 0.329 e. The Balaban J connectivity index is 0.00000288. The van der Waals surface area contributed by atoms with Gasteiger partial charge in [-0.2, -0.15) is 4.31 Å². The van der Waals surface area contributed by atoms with Crippen LogP contribution in [0.3, 0.4) is 0 Å². The summed E-state index contributed by atoms with van der Waals surface area (Å²) < 4.78 is 40.7. The molecule has 2 aromatic rings. The summed E-state index contributed by atoms with van der Waals surface area (Å²) in [4.78, 5) is -0.301. The third kappa shape index (κ3) is 5.01. The van der Waals surface area contributed by atoms with Crippen molar-refractivity contribution >= 4 is 22.4 Å². The second kappa shape index (κ2) is 9.13. The molecule has 0 bridgehead atoms. The first kappa shape index (κ1) is 20.6. The van der Waals surface area contributed by atoms with E-state index in [-0.39, 0.29) is 36.9 Å². The van der Waals surface area contributed by atoms with Gasteiger partial charge in [-0.05, 0) is 36.6 Å². The van der Waals surface area contributed by atoms with Crippen molar-refractivity contribution in [1.82, 2.24) is 4.31 Å². The van der Waals surface area contributed by atoms with Crippen LogP contribution in [0.2, 0.25) is 0 Å². The molecule has 132 valence electrons. The first-order valence-electron chi connectivity index (χ1n) is 7.45. The molecule has 0 atom stereocenters. The monoisotopic (exact) mass is 372 g/mol. The molecule has 0 aliphatic carbocycles. The molecule has 0 aliphatic rings. The molecule has 0 radical (unpaired) electrons. The van der Waals surface area contributed by atoms with Crippen molar-refractivity contribution in [2.24, 2.45) is 5.73 Å². The number of aryl methyl sites for hydroxylation is 1. The topological polar surface area (TPSA) is 63.4 Å². The second-order valence-corrected chi connectivity index (χ2v) is 7.27. The fourth-order valence-electron chi connectivity index (χ4n) is 2.35. The Labute approximate surface area is 148 Å². The molecule has 0 saturated carbocycles. The van der Waals surface area contributed by atoms with Crippen LogP contribution in [0, 0.1) is 12.7 Å². The van der Waals surface area contributed by atoms with Crippen LogP contribution >= 0.6 is 12.4 Å². The van der Waals surface area contributed by atoms with Gasteiger partial charge in [-0.3, -0.25) is 0 Å². The lowest BCUT2D eigenvalue weighted by Crippen LogP contribution is -2.37. The predicted octanol–water partition coefficient (Wildman–Crippen LogP) is 2.75. The zero-order valence-corrected chi connectivity index (χ0v) is 15.1. The van der Waals surface area contributed by atoms with Crippen LogP contribution in [-0.2, 0) is 16.4 Å². The number of benzene rings is 2. The fourth-order valence-corrected chi connectivity index (χ4v) is 3.85. The highest BCUT2D eigenvalue weighted by Gasteiger charge is 2.26. The summed E-state index contributed by atoms with van der Waals surface area (Å²) in [5.74, 6) is -0.730. The molecular formula is C17H22ClFN2O2S. The zero-order valence-electron chi connectivity index (χ0n) is 13.5. The van der Waals surface area contributed by atoms with Gasteiger partial charge in [0.25, 0.3) is 0 Å². The van der Waals surface area contributed by atoms with Crippen molar-refractivity contribution in [3.63, 3.8) is 0 Å². The van der Waals surface area contributed by atoms with Crippen LogP contribution in [0.25, 0.3) is 0 Å². The lowest BCUT2D eigenvalue weighted by molar-refractivity contribution is 0.417. The van der Waals surface area contributed by atoms with Gasteiger partial charge in [0.05, 0.1) is 0 Å². The number of hydrogen-bond acceptors (Lipinski definition) is 3. The maximum absolute atomic E-state index is 14.1. The number of hydrogen-bond donors (Lipinski definition) is 1. The quantitative estimate of drug-likeness (QED) is 0.812. The van der Waals surface area contributed by atoms with Gasteiger partial charge >= 0.3 is 0 Å². The van der Waals surface area contributed by atoms with Gasteiger partial charge < -0.3 is 5.73 Å². The molecule has 0 amide bonds. The molecule has 2 N–H and O–H groups in total. The van der Waals surface area contributed by atoms with Gasteiger partial charge in [0, 0.05) is 19.6 Å². The van der Waals surface area contributed by atoms with E-state index in [1.54, 1.807) is 13.0 Å². The second-order valence-electron chi connectivity index (χ2n) is 5.36. The number of sulfonamides is 1. The number of nitrogens with two attached hydrogens (primary N) is 1. The number of rotatable bonds is 7. The predicted molar refractivity (Wildman–Crippen MR) is 96.3 cm³/mol. The van der Waals surface area contributed by atoms with Crippen LogP contribution in [0.1, 0.15) is 11.1 Å². The van der Waals surface area contributed by atoms with Crippen molar-refractivity contribution in [3.8, 4) is 0 Å². The Bertz CT molecular complexity index is 754. The van der Waals surface area contributed by atoms with Crippen molar-refractivity contribution in [2.45, 2.75) is 18.2 Å². The normalized spacial score (nSPS) is 11.3. The highest BCUT2D eigenvalue weighted by Crippen LogP contribution is 2.20. The standard InChI is InChI=1S/C17H21FN2O2S.ClH/c1-14-7-8-17(16(18)13-14)23(21,22)20(12-10-19)11-9-15-5-3-2-4-6-15;/h2-8,13H,9-12,19H2,1H3;1H. The van der Waals surface area contributed by atoms with Gasteiger partial charge in [-0.1, -0.05) is 36.4 Å². The summed E-state index contributed by atoms with van der Waals surface area (Å²) in [6.45, 7) is 2.31. The highest BCUT2D eigenvalue weighted by atomic mass is 35.5. The molecule has 0 spiro atoms. The average molecular weight is 373 g/mol. The Morgan fingerprint density at radius 2 is 1.75 bits per heavy atom. The van der Waals surface area contributed by atoms with Crippen LogP contribution in [0.15, 0.2) is 53.4 Å². The lowest BCUT2D eigenvalue weighted by atomic mass is 10.1. The van der Waals surface area contributed by atoms with Crippen LogP contribution in [-0.4, -0.2) is 32.4 Å². The van der Waals surface area contributed by atoms with Crippen molar-refractivity contribution in [1.29, 1.82) is 0 Å². The number of halogens is 2. The highest BCUT2D eigenvalue weighted by molar-refractivity contribution is 7.89. The average Bonchev–Trinajstić information content (AvgIpc) is 2.52. The van der Waals surface area contributed by atoms with E-state index in [0.29, 0.717) is 12.0 Å². The third-order valence-corrected chi connectivity index (χ3v) is 5.51. The molecular weight excluding hydrogens is 351 g/mol. The van der Waals surface area contributed by atoms with Crippen LogP contribution in [0.4, 0.5) is 4.39 Å². The first-order valence-corrected chi connectivity index (χ1v) is 8.89. The van der Waals surface area contributed by atoms with E-state index in [0.717, 1.165) is 5.56 Å².